The predicted molar refractivity (Wildman–Crippen MR) is 146 cm³/mol. The maximum Gasteiger partial charge on any atom is 0.202 e. The molecule has 37 heavy (non-hydrogen) atoms. The largest absolute Gasteiger partial charge is 0.494 e. The predicted octanol–water partition coefficient (Wildman–Crippen LogP) is 3.51. The summed E-state index contributed by atoms with van der Waals surface area (Å²) in [5.74, 6) is 2.67. The molecule has 2 aromatic carbocycles. The summed E-state index contributed by atoms with van der Waals surface area (Å²) in [7, 11) is 0. The number of benzene rings is 2. The molecule has 0 unspecified atom stereocenters. The highest BCUT2D eigenvalue weighted by Gasteiger charge is 2.07. The zero-order valence-corrected chi connectivity index (χ0v) is 21.3. The Bertz CT molecular complexity index is 1230. The molecule has 0 radical (unpaired) electrons. The number of imidazole rings is 1. The van der Waals surface area contributed by atoms with E-state index in [1.54, 1.807) is 12.1 Å². The molecule has 1 aliphatic rings. The monoisotopic (exact) mass is 503 g/mol. The SMILES string of the molecule is N=C(N)c1ccc(OCCCCn2ccn(CCCCOc3ccc(C4=NCCCN4)cc3)c2=N)cc1. The van der Waals surface area contributed by atoms with Gasteiger partial charge in [-0.1, -0.05) is 0 Å². The van der Waals surface area contributed by atoms with Crippen molar-refractivity contribution < 1.29 is 9.47 Å². The molecular weight excluding hydrogens is 466 g/mol. The molecule has 4 rings (SSSR count). The van der Waals surface area contributed by atoms with Crippen molar-refractivity contribution in [3.8, 4) is 11.5 Å². The number of amidine groups is 2. The number of unbranched alkanes of at least 4 members (excludes halogenated alkanes) is 2. The minimum absolute atomic E-state index is 0.0553. The van der Waals surface area contributed by atoms with E-state index in [1.807, 2.05) is 45.8 Å². The lowest BCUT2D eigenvalue weighted by molar-refractivity contribution is 0.301. The van der Waals surface area contributed by atoms with E-state index in [0.29, 0.717) is 24.4 Å². The molecule has 0 bridgehead atoms. The molecule has 1 aliphatic heterocycles. The van der Waals surface area contributed by atoms with E-state index >= 15 is 0 Å². The zero-order valence-electron chi connectivity index (χ0n) is 21.3. The number of hydrogen-bond acceptors (Lipinski definition) is 6. The molecule has 0 amide bonds. The fourth-order valence-electron chi connectivity index (χ4n) is 4.14. The molecule has 2 heterocycles. The lowest BCUT2D eigenvalue weighted by Crippen LogP contribution is -2.30. The van der Waals surface area contributed by atoms with Crippen LogP contribution in [0.4, 0.5) is 0 Å². The number of hydrogen-bond donors (Lipinski definition) is 4. The number of aryl methyl sites for hydroxylation is 2. The van der Waals surface area contributed by atoms with Gasteiger partial charge < -0.3 is 29.7 Å². The van der Waals surface area contributed by atoms with E-state index in [0.717, 1.165) is 81.2 Å². The first-order chi connectivity index (χ1) is 18.1. The summed E-state index contributed by atoms with van der Waals surface area (Å²) >= 11 is 0. The molecule has 0 saturated carbocycles. The molecule has 9 heteroatoms. The van der Waals surface area contributed by atoms with E-state index in [1.165, 1.54) is 0 Å². The van der Waals surface area contributed by atoms with Crippen LogP contribution in [-0.2, 0) is 13.1 Å². The van der Waals surface area contributed by atoms with Crippen LogP contribution in [0.15, 0.2) is 65.9 Å². The van der Waals surface area contributed by atoms with Gasteiger partial charge in [0.25, 0.3) is 0 Å². The number of ether oxygens (including phenoxy) is 2. The van der Waals surface area contributed by atoms with Gasteiger partial charge in [0.15, 0.2) is 0 Å². The summed E-state index contributed by atoms with van der Waals surface area (Å²) in [5.41, 5.74) is 7.79. The average Bonchev–Trinajstić information content (AvgIpc) is 3.28. The van der Waals surface area contributed by atoms with Crippen LogP contribution < -0.4 is 26.1 Å². The van der Waals surface area contributed by atoms with Crippen molar-refractivity contribution in [2.24, 2.45) is 10.7 Å². The van der Waals surface area contributed by atoms with Crippen molar-refractivity contribution in [2.45, 2.75) is 45.2 Å². The van der Waals surface area contributed by atoms with Crippen LogP contribution in [-0.4, -0.2) is 47.1 Å². The number of nitrogens with one attached hydrogen (secondary N) is 3. The molecule has 0 spiro atoms. The lowest BCUT2D eigenvalue weighted by Gasteiger charge is -2.15. The average molecular weight is 504 g/mol. The number of nitrogens with two attached hydrogens (primary N) is 1. The molecule has 1 aromatic heterocycles. The van der Waals surface area contributed by atoms with E-state index in [2.05, 4.69) is 22.4 Å². The van der Waals surface area contributed by atoms with Gasteiger partial charge in [0.05, 0.1) is 13.2 Å². The Morgan fingerprint density at radius 3 is 1.95 bits per heavy atom. The first-order valence-corrected chi connectivity index (χ1v) is 13.0. The van der Waals surface area contributed by atoms with E-state index in [4.69, 9.17) is 26.0 Å². The Kier molecular flexibility index (Phi) is 9.40. The van der Waals surface area contributed by atoms with Gasteiger partial charge in [-0.2, -0.15) is 0 Å². The summed E-state index contributed by atoms with van der Waals surface area (Å²) in [6.45, 7) is 4.73. The van der Waals surface area contributed by atoms with E-state index < -0.39 is 0 Å². The molecule has 0 saturated heterocycles. The van der Waals surface area contributed by atoms with Crippen LogP contribution in [0, 0.1) is 10.8 Å². The van der Waals surface area contributed by atoms with E-state index in [9.17, 15) is 0 Å². The van der Waals surface area contributed by atoms with Crippen LogP contribution in [0.1, 0.15) is 43.2 Å². The second-order valence-corrected chi connectivity index (χ2v) is 9.09. The third-order valence-electron chi connectivity index (χ3n) is 6.29. The van der Waals surface area contributed by atoms with Crippen LogP contribution >= 0.6 is 0 Å². The van der Waals surface area contributed by atoms with Crippen molar-refractivity contribution in [1.29, 1.82) is 10.8 Å². The van der Waals surface area contributed by atoms with Crippen LogP contribution in [0.2, 0.25) is 0 Å². The van der Waals surface area contributed by atoms with Gasteiger partial charge in [0, 0.05) is 49.7 Å². The maximum atomic E-state index is 8.44. The van der Waals surface area contributed by atoms with Gasteiger partial charge in [0.2, 0.25) is 5.62 Å². The Morgan fingerprint density at radius 2 is 1.43 bits per heavy atom. The van der Waals surface area contributed by atoms with Crippen molar-refractivity contribution in [2.75, 3.05) is 26.3 Å². The fraction of sp³-hybridized carbons (Fsp3) is 0.393. The van der Waals surface area contributed by atoms with Crippen molar-refractivity contribution >= 4 is 11.7 Å². The number of rotatable bonds is 14. The summed E-state index contributed by atoms with van der Waals surface area (Å²) in [5, 5.41) is 19.2. The Labute approximate surface area is 218 Å². The second kappa shape index (κ2) is 13.3. The third kappa shape index (κ3) is 7.73. The minimum Gasteiger partial charge on any atom is -0.494 e. The smallest absolute Gasteiger partial charge is 0.202 e. The van der Waals surface area contributed by atoms with Gasteiger partial charge >= 0.3 is 0 Å². The molecule has 0 fully saturated rings. The third-order valence-corrected chi connectivity index (χ3v) is 6.29. The van der Waals surface area contributed by atoms with Gasteiger partial charge in [-0.3, -0.25) is 15.8 Å². The molecule has 5 N–H and O–H groups in total. The van der Waals surface area contributed by atoms with Gasteiger partial charge in [0.1, 0.15) is 23.2 Å². The van der Waals surface area contributed by atoms with Crippen molar-refractivity contribution in [3.63, 3.8) is 0 Å². The zero-order chi connectivity index (χ0) is 25.9. The lowest BCUT2D eigenvalue weighted by atomic mass is 10.2. The molecule has 3 aromatic rings. The minimum atomic E-state index is 0.0553. The van der Waals surface area contributed by atoms with Crippen LogP contribution in [0.5, 0.6) is 11.5 Å². The van der Waals surface area contributed by atoms with Crippen LogP contribution in [0.3, 0.4) is 0 Å². The molecular formula is C28H37N7O2. The molecule has 196 valence electrons. The highest BCUT2D eigenvalue weighted by Crippen LogP contribution is 2.14. The Morgan fingerprint density at radius 1 is 0.865 bits per heavy atom. The Balaban J connectivity index is 1.10. The van der Waals surface area contributed by atoms with Crippen molar-refractivity contribution in [3.05, 3.63) is 77.7 Å². The standard InChI is InChI=1S/C28H37N7O2/c29-26(30)22-6-10-24(11-7-22)36-20-3-1-16-34-18-19-35(28(34)31)17-2-4-21-37-25-12-8-23(9-13-25)27-32-14-5-15-33-27/h6-13,18-19,31H,1-5,14-17,20-21H2,(H3,29,30)(H,32,33). The number of nitrogen functional groups attached to an aromatic ring is 1. The number of nitrogens with zero attached hydrogens (tertiary/aromatic N) is 3. The van der Waals surface area contributed by atoms with Gasteiger partial charge in [-0.05, 0) is 80.6 Å². The normalized spacial score (nSPS) is 13.0. The highest BCUT2D eigenvalue weighted by molar-refractivity contribution is 5.99. The summed E-state index contributed by atoms with van der Waals surface area (Å²) in [6.07, 6.45) is 8.77. The number of aromatic nitrogens is 2. The second-order valence-electron chi connectivity index (χ2n) is 9.09. The first-order valence-electron chi connectivity index (χ1n) is 13.0. The van der Waals surface area contributed by atoms with Crippen molar-refractivity contribution in [1.82, 2.24) is 14.5 Å². The summed E-state index contributed by atoms with van der Waals surface area (Å²) in [4.78, 5) is 4.53. The van der Waals surface area contributed by atoms with Gasteiger partial charge in [-0.25, -0.2) is 0 Å². The van der Waals surface area contributed by atoms with Crippen LogP contribution in [0.25, 0.3) is 0 Å². The molecule has 9 nitrogen and oxygen atoms in total. The van der Waals surface area contributed by atoms with E-state index in [-0.39, 0.29) is 5.84 Å². The number of aliphatic imine (C=N–C) groups is 1. The quantitative estimate of drug-likeness (QED) is 0.153. The Hall–Kier alpha value is -4.01. The topological polar surface area (TPSA) is 126 Å². The first kappa shape index (κ1) is 26.1. The maximum absolute atomic E-state index is 8.44. The molecule has 0 aliphatic carbocycles. The fourth-order valence-corrected chi connectivity index (χ4v) is 4.14. The summed E-state index contributed by atoms with van der Waals surface area (Å²) < 4.78 is 15.6. The van der Waals surface area contributed by atoms with Gasteiger partial charge in [-0.15, -0.1) is 0 Å². The molecule has 0 atom stereocenters. The highest BCUT2D eigenvalue weighted by atomic mass is 16.5. The summed E-state index contributed by atoms with van der Waals surface area (Å²) in [6, 6.07) is 15.3.